The number of ether oxygens (including phenoxy) is 2. The van der Waals surface area contributed by atoms with Crippen molar-refractivity contribution in [3.63, 3.8) is 0 Å². The van der Waals surface area contributed by atoms with Crippen molar-refractivity contribution in [3.05, 3.63) is 59.9 Å². The summed E-state index contributed by atoms with van der Waals surface area (Å²) in [6, 6.07) is 11.7. The van der Waals surface area contributed by atoms with Gasteiger partial charge in [-0.15, -0.1) is 0 Å². The number of aromatic nitrogens is 1. The zero-order valence-electron chi connectivity index (χ0n) is 12.5. The van der Waals surface area contributed by atoms with Crippen LogP contribution in [0.4, 0.5) is 0 Å². The van der Waals surface area contributed by atoms with E-state index in [1.807, 2.05) is 42.6 Å². The maximum absolute atomic E-state index is 6.19. The van der Waals surface area contributed by atoms with Crippen LogP contribution in [0, 0.1) is 0 Å². The topological polar surface area (TPSA) is 57.4 Å². The Morgan fingerprint density at radius 1 is 1.24 bits per heavy atom. The molecule has 0 saturated carbocycles. The molecule has 1 aromatic heterocycles. The van der Waals surface area contributed by atoms with Crippen LogP contribution in [0.1, 0.15) is 30.6 Å². The highest BCUT2D eigenvalue weighted by Gasteiger charge is 2.19. The second-order valence-electron chi connectivity index (χ2n) is 4.94. The normalized spacial score (nSPS) is 13.7. The first-order chi connectivity index (χ1) is 10.2. The largest absolute Gasteiger partial charge is 0.497 e. The van der Waals surface area contributed by atoms with E-state index in [0.717, 1.165) is 23.3 Å². The molecule has 0 radical (unpaired) electrons. The predicted molar refractivity (Wildman–Crippen MR) is 83.0 cm³/mol. The van der Waals surface area contributed by atoms with Crippen molar-refractivity contribution in [1.29, 1.82) is 0 Å². The molecule has 0 saturated heterocycles. The molecule has 0 amide bonds. The van der Waals surface area contributed by atoms with E-state index >= 15 is 0 Å². The summed E-state index contributed by atoms with van der Waals surface area (Å²) in [5.74, 6) is 0.828. The predicted octanol–water partition coefficient (Wildman–Crippen LogP) is 3.09. The fraction of sp³-hybridized carbons (Fsp3) is 0.353. The maximum atomic E-state index is 6.19. The molecule has 4 heteroatoms. The molecule has 0 aliphatic heterocycles. The standard InChI is InChI=1S/C17H22N2O2/c1-3-16(18)17(14-7-5-9-19-11-14)21-12-13-6-4-8-15(10-13)20-2/h4-11,16-17H,3,12,18H2,1-2H3. The van der Waals surface area contributed by atoms with E-state index in [0.29, 0.717) is 6.61 Å². The highest BCUT2D eigenvalue weighted by molar-refractivity contribution is 5.28. The minimum absolute atomic E-state index is 0.0557. The second kappa shape index (κ2) is 7.76. The molecule has 112 valence electrons. The number of nitrogens with two attached hydrogens (primary N) is 1. The molecule has 2 N–H and O–H groups in total. The summed E-state index contributed by atoms with van der Waals surface area (Å²) in [4.78, 5) is 4.15. The van der Waals surface area contributed by atoms with Gasteiger partial charge in [-0.3, -0.25) is 4.98 Å². The monoisotopic (exact) mass is 286 g/mol. The first-order valence-corrected chi connectivity index (χ1v) is 7.14. The Morgan fingerprint density at radius 3 is 2.76 bits per heavy atom. The zero-order valence-corrected chi connectivity index (χ0v) is 12.5. The molecular formula is C17H22N2O2. The van der Waals surface area contributed by atoms with Crippen LogP contribution in [0.25, 0.3) is 0 Å². The van der Waals surface area contributed by atoms with Gasteiger partial charge in [-0.25, -0.2) is 0 Å². The molecule has 4 nitrogen and oxygen atoms in total. The first kappa shape index (κ1) is 15.5. The fourth-order valence-corrected chi connectivity index (χ4v) is 2.17. The molecule has 1 aromatic carbocycles. The molecule has 2 aromatic rings. The molecule has 0 aliphatic rings. The number of hydrogen-bond donors (Lipinski definition) is 1. The summed E-state index contributed by atoms with van der Waals surface area (Å²) < 4.78 is 11.3. The summed E-state index contributed by atoms with van der Waals surface area (Å²) in [7, 11) is 1.66. The number of pyridine rings is 1. The summed E-state index contributed by atoms with van der Waals surface area (Å²) >= 11 is 0. The van der Waals surface area contributed by atoms with Crippen LogP contribution in [-0.4, -0.2) is 18.1 Å². The Labute approximate surface area is 125 Å². The number of nitrogens with zero attached hydrogens (tertiary/aromatic N) is 1. The van der Waals surface area contributed by atoms with E-state index in [1.54, 1.807) is 13.3 Å². The highest BCUT2D eigenvalue weighted by atomic mass is 16.5. The molecule has 2 atom stereocenters. The molecule has 0 spiro atoms. The van der Waals surface area contributed by atoms with E-state index in [-0.39, 0.29) is 12.1 Å². The van der Waals surface area contributed by atoms with Crippen molar-refractivity contribution >= 4 is 0 Å². The summed E-state index contributed by atoms with van der Waals surface area (Å²) in [5, 5.41) is 0. The summed E-state index contributed by atoms with van der Waals surface area (Å²) in [6.07, 6.45) is 4.25. The van der Waals surface area contributed by atoms with E-state index in [1.165, 1.54) is 0 Å². The third-order valence-corrected chi connectivity index (χ3v) is 3.44. The average molecular weight is 286 g/mol. The summed E-state index contributed by atoms with van der Waals surface area (Å²) in [5.41, 5.74) is 8.26. The number of hydrogen-bond acceptors (Lipinski definition) is 4. The van der Waals surface area contributed by atoms with E-state index in [9.17, 15) is 0 Å². The Kier molecular flexibility index (Phi) is 5.72. The third-order valence-electron chi connectivity index (χ3n) is 3.44. The van der Waals surface area contributed by atoms with Crippen LogP contribution in [0.15, 0.2) is 48.8 Å². The fourth-order valence-electron chi connectivity index (χ4n) is 2.17. The molecule has 0 bridgehead atoms. The Bertz CT molecular complexity index is 545. The lowest BCUT2D eigenvalue weighted by Crippen LogP contribution is -2.29. The highest BCUT2D eigenvalue weighted by Crippen LogP contribution is 2.23. The van der Waals surface area contributed by atoms with E-state index in [4.69, 9.17) is 15.2 Å². The minimum Gasteiger partial charge on any atom is -0.497 e. The Morgan fingerprint density at radius 2 is 2.10 bits per heavy atom. The molecular weight excluding hydrogens is 264 g/mol. The molecule has 0 aliphatic carbocycles. The van der Waals surface area contributed by atoms with Gasteiger partial charge in [-0.05, 0) is 30.2 Å². The molecule has 2 rings (SSSR count). The number of methoxy groups -OCH3 is 1. The Hall–Kier alpha value is -1.91. The van der Waals surface area contributed by atoms with Crippen molar-refractivity contribution in [2.24, 2.45) is 5.73 Å². The van der Waals surface area contributed by atoms with Crippen LogP contribution >= 0.6 is 0 Å². The zero-order chi connectivity index (χ0) is 15.1. The van der Waals surface area contributed by atoms with E-state index in [2.05, 4.69) is 11.9 Å². The minimum atomic E-state index is -0.157. The molecule has 21 heavy (non-hydrogen) atoms. The van der Waals surface area contributed by atoms with Crippen molar-refractivity contribution in [1.82, 2.24) is 4.98 Å². The summed E-state index contributed by atoms with van der Waals surface area (Å²) in [6.45, 7) is 2.55. The van der Waals surface area contributed by atoms with Gasteiger partial charge >= 0.3 is 0 Å². The van der Waals surface area contributed by atoms with Crippen molar-refractivity contribution in [2.75, 3.05) is 7.11 Å². The van der Waals surface area contributed by atoms with Crippen LogP contribution < -0.4 is 10.5 Å². The lowest BCUT2D eigenvalue weighted by atomic mass is 10.0. The van der Waals surface area contributed by atoms with Gasteiger partial charge in [0.05, 0.1) is 19.8 Å². The van der Waals surface area contributed by atoms with Crippen LogP contribution in [0.5, 0.6) is 5.75 Å². The Balaban J connectivity index is 2.09. The van der Waals surface area contributed by atoms with Gasteiger partial charge in [0, 0.05) is 24.0 Å². The SMILES string of the molecule is CCC(N)C(OCc1cccc(OC)c1)c1cccnc1. The van der Waals surface area contributed by atoms with Gasteiger partial charge in [-0.2, -0.15) is 0 Å². The number of rotatable bonds is 7. The van der Waals surface area contributed by atoms with Crippen molar-refractivity contribution in [3.8, 4) is 5.75 Å². The second-order valence-corrected chi connectivity index (χ2v) is 4.94. The van der Waals surface area contributed by atoms with Crippen molar-refractivity contribution in [2.45, 2.75) is 32.1 Å². The lowest BCUT2D eigenvalue weighted by Gasteiger charge is -2.23. The van der Waals surface area contributed by atoms with Gasteiger partial charge in [0.2, 0.25) is 0 Å². The van der Waals surface area contributed by atoms with Gasteiger partial charge in [0.15, 0.2) is 0 Å². The van der Waals surface area contributed by atoms with Gasteiger partial charge in [-0.1, -0.05) is 25.1 Å². The smallest absolute Gasteiger partial charge is 0.119 e. The van der Waals surface area contributed by atoms with Crippen LogP contribution in [0.3, 0.4) is 0 Å². The van der Waals surface area contributed by atoms with E-state index < -0.39 is 0 Å². The van der Waals surface area contributed by atoms with Crippen LogP contribution in [-0.2, 0) is 11.3 Å². The van der Waals surface area contributed by atoms with Crippen molar-refractivity contribution < 1.29 is 9.47 Å². The van der Waals surface area contributed by atoms with Gasteiger partial charge < -0.3 is 15.2 Å². The molecule has 0 fully saturated rings. The molecule has 2 unspecified atom stereocenters. The number of benzene rings is 1. The van der Waals surface area contributed by atoms with Gasteiger partial charge in [0.1, 0.15) is 5.75 Å². The quantitative estimate of drug-likeness (QED) is 0.849. The van der Waals surface area contributed by atoms with Crippen LogP contribution in [0.2, 0.25) is 0 Å². The average Bonchev–Trinajstić information content (AvgIpc) is 2.56. The molecule has 1 heterocycles. The first-order valence-electron chi connectivity index (χ1n) is 7.14. The van der Waals surface area contributed by atoms with Gasteiger partial charge in [0.25, 0.3) is 0 Å². The lowest BCUT2D eigenvalue weighted by molar-refractivity contribution is 0.0210. The maximum Gasteiger partial charge on any atom is 0.119 e. The third kappa shape index (κ3) is 4.28.